The molecule has 0 saturated carbocycles. The molecule has 2 saturated heterocycles. The van der Waals surface area contributed by atoms with Crippen molar-refractivity contribution in [3.05, 3.63) is 0 Å². The summed E-state index contributed by atoms with van der Waals surface area (Å²) in [5, 5.41) is 3.29. The minimum atomic E-state index is 0.412. The Hall–Kier alpha value is -0.160. The minimum absolute atomic E-state index is 0.412. The molecule has 0 aromatic carbocycles. The van der Waals surface area contributed by atoms with Gasteiger partial charge in [-0.05, 0) is 46.3 Å². The number of hydrogen-bond donors (Lipinski definition) is 1. The van der Waals surface area contributed by atoms with Gasteiger partial charge in [-0.15, -0.1) is 0 Å². The molecule has 0 aromatic rings. The Labute approximate surface area is 112 Å². The summed E-state index contributed by atoms with van der Waals surface area (Å²) >= 11 is 0. The van der Waals surface area contributed by atoms with E-state index in [9.17, 15) is 0 Å². The second-order valence-corrected chi connectivity index (χ2v) is 6.05. The molecule has 0 amide bonds. The average molecular weight is 255 g/mol. The number of nitrogens with zero attached hydrogens (tertiary/aromatic N) is 2. The van der Waals surface area contributed by atoms with Crippen LogP contribution >= 0.6 is 0 Å². The summed E-state index contributed by atoms with van der Waals surface area (Å²) in [5.41, 5.74) is 0. The molecule has 2 atom stereocenters. The highest BCUT2D eigenvalue weighted by Gasteiger charge is 2.27. The summed E-state index contributed by atoms with van der Waals surface area (Å²) < 4.78 is 5.92. The van der Waals surface area contributed by atoms with Crippen LogP contribution in [0.25, 0.3) is 0 Å². The van der Waals surface area contributed by atoms with E-state index in [1.165, 1.54) is 19.5 Å². The maximum atomic E-state index is 5.92. The Bertz CT molecular complexity index is 247. The SMILES string of the molecule is CNCC1CCN(CC2CN(C(C)C)CCO2)C1. The van der Waals surface area contributed by atoms with Crippen molar-refractivity contribution in [1.82, 2.24) is 15.1 Å². The van der Waals surface area contributed by atoms with Gasteiger partial charge in [-0.1, -0.05) is 0 Å². The summed E-state index contributed by atoms with van der Waals surface area (Å²) in [6.45, 7) is 12.4. The number of morpholine rings is 1. The molecule has 0 spiro atoms. The van der Waals surface area contributed by atoms with Crippen LogP contribution < -0.4 is 5.32 Å². The zero-order chi connectivity index (χ0) is 13.0. The highest BCUT2D eigenvalue weighted by molar-refractivity contribution is 4.82. The zero-order valence-corrected chi connectivity index (χ0v) is 12.2. The first-order valence-electron chi connectivity index (χ1n) is 7.41. The lowest BCUT2D eigenvalue weighted by molar-refractivity contribution is -0.0501. The van der Waals surface area contributed by atoms with Crippen LogP contribution in [0.1, 0.15) is 20.3 Å². The molecule has 0 bridgehead atoms. The summed E-state index contributed by atoms with van der Waals surface area (Å²) in [7, 11) is 2.05. The molecule has 2 unspecified atom stereocenters. The van der Waals surface area contributed by atoms with E-state index < -0.39 is 0 Å². The predicted molar refractivity (Wildman–Crippen MR) is 74.9 cm³/mol. The molecule has 2 aliphatic rings. The van der Waals surface area contributed by atoms with Crippen LogP contribution in [0.15, 0.2) is 0 Å². The van der Waals surface area contributed by atoms with Crippen molar-refractivity contribution >= 4 is 0 Å². The Kier molecular flexibility index (Phi) is 5.42. The van der Waals surface area contributed by atoms with Crippen molar-refractivity contribution in [1.29, 1.82) is 0 Å². The fraction of sp³-hybridized carbons (Fsp3) is 1.00. The largest absolute Gasteiger partial charge is 0.374 e. The van der Waals surface area contributed by atoms with Crippen molar-refractivity contribution in [2.75, 3.05) is 52.9 Å². The fourth-order valence-corrected chi connectivity index (χ4v) is 3.14. The Morgan fingerprint density at radius 3 is 2.83 bits per heavy atom. The average Bonchev–Trinajstić information content (AvgIpc) is 2.77. The number of rotatable bonds is 5. The van der Waals surface area contributed by atoms with Crippen LogP contribution in [0.3, 0.4) is 0 Å². The van der Waals surface area contributed by atoms with Crippen LogP contribution in [0, 0.1) is 5.92 Å². The second-order valence-electron chi connectivity index (χ2n) is 6.05. The van der Waals surface area contributed by atoms with Crippen LogP contribution in [0.2, 0.25) is 0 Å². The number of ether oxygens (including phenoxy) is 1. The Morgan fingerprint density at radius 1 is 1.28 bits per heavy atom. The van der Waals surface area contributed by atoms with Gasteiger partial charge in [0.05, 0.1) is 12.7 Å². The lowest BCUT2D eigenvalue weighted by atomic mass is 10.1. The van der Waals surface area contributed by atoms with Crippen LogP contribution in [-0.4, -0.2) is 74.9 Å². The molecule has 18 heavy (non-hydrogen) atoms. The molecule has 2 rings (SSSR count). The molecular weight excluding hydrogens is 226 g/mol. The van der Waals surface area contributed by atoms with Gasteiger partial charge in [0.15, 0.2) is 0 Å². The van der Waals surface area contributed by atoms with Crippen molar-refractivity contribution < 1.29 is 4.74 Å². The van der Waals surface area contributed by atoms with Crippen LogP contribution in [0.4, 0.5) is 0 Å². The second kappa shape index (κ2) is 6.85. The zero-order valence-electron chi connectivity index (χ0n) is 12.2. The number of likely N-dealkylation sites (tertiary alicyclic amines) is 1. The molecule has 2 fully saturated rings. The Morgan fingerprint density at radius 2 is 2.11 bits per heavy atom. The first kappa shape index (κ1) is 14.3. The quantitative estimate of drug-likeness (QED) is 0.780. The highest BCUT2D eigenvalue weighted by atomic mass is 16.5. The van der Waals surface area contributed by atoms with E-state index in [0.717, 1.165) is 38.7 Å². The molecule has 1 N–H and O–H groups in total. The van der Waals surface area contributed by atoms with E-state index in [1.54, 1.807) is 0 Å². The Balaban J connectivity index is 1.73. The van der Waals surface area contributed by atoms with Gasteiger partial charge < -0.3 is 15.0 Å². The normalized spacial score (nSPS) is 31.3. The van der Waals surface area contributed by atoms with Gasteiger partial charge in [-0.2, -0.15) is 0 Å². The van der Waals surface area contributed by atoms with Gasteiger partial charge in [0, 0.05) is 32.2 Å². The third kappa shape index (κ3) is 3.92. The first-order valence-corrected chi connectivity index (χ1v) is 7.41. The summed E-state index contributed by atoms with van der Waals surface area (Å²) in [6.07, 6.45) is 1.75. The summed E-state index contributed by atoms with van der Waals surface area (Å²) in [6, 6.07) is 0.645. The molecule has 2 heterocycles. The monoisotopic (exact) mass is 255 g/mol. The van der Waals surface area contributed by atoms with E-state index in [-0.39, 0.29) is 0 Å². The van der Waals surface area contributed by atoms with E-state index in [2.05, 4.69) is 29.0 Å². The van der Waals surface area contributed by atoms with Gasteiger partial charge in [-0.25, -0.2) is 0 Å². The van der Waals surface area contributed by atoms with Crippen molar-refractivity contribution in [2.45, 2.75) is 32.4 Å². The molecule has 0 aromatic heterocycles. The molecule has 4 nitrogen and oxygen atoms in total. The molecule has 106 valence electrons. The van der Waals surface area contributed by atoms with Gasteiger partial charge in [0.2, 0.25) is 0 Å². The summed E-state index contributed by atoms with van der Waals surface area (Å²) in [5.74, 6) is 0.833. The lowest BCUT2D eigenvalue weighted by Gasteiger charge is -2.37. The molecule has 0 radical (unpaired) electrons. The molecule has 4 heteroatoms. The maximum absolute atomic E-state index is 5.92. The van der Waals surface area contributed by atoms with Gasteiger partial charge in [0.1, 0.15) is 0 Å². The minimum Gasteiger partial charge on any atom is -0.374 e. The topological polar surface area (TPSA) is 27.7 Å². The first-order chi connectivity index (χ1) is 8.69. The van der Waals surface area contributed by atoms with Crippen molar-refractivity contribution in [2.24, 2.45) is 5.92 Å². The standard InChI is InChI=1S/C14H29N3O/c1-12(2)17-6-7-18-14(11-17)10-16-5-4-13(9-16)8-15-3/h12-15H,4-11H2,1-3H3. The number of hydrogen-bond acceptors (Lipinski definition) is 4. The van der Waals surface area contributed by atoms with E-state index >= 15 is 0 Å². The third-order valence-corrected chi connectivity index (χ3v) is 4.23. The molecule has 2 aliphatic heterocycles. The summed E-state index contributed by atoms with van der Waals surface area (Å²) in [4.78, 5) is 5.12. The predicted octanol–water partition coefficient (Wildman–Crippen LogP) is 0.637. The molecule has 0 aliphatic carbocycles. The van der Waals surface area contributed by atoms with Crippen LogP contribution in [0.5, 0.6) is 0 Å². The number of nitrogens with one attached hydrogen (secondary N) is 1. The highest BCUT2D eigenvalue weighted by Crippen LogP contribution is 2.17. The third-order valence-electron chi connectivity index (χ3n) is 4.23. The maximum Gasteiger partial charge on any atom is 0.0829 e. The lowest BCUT2D eigenvalue weighted by Crippen LogP contribution is -2.49. The van der Waals surface area contributed by atoms with E-state index in [4.69, 9.17) is 4.74 Å². The molecular formula is C14H29N3O. The van der Waals surface area contributed by atoms with E-state index in [0.29, 0.717) is 12.1 Å². The fourth-order valence-electron chi connectivity index (χ4n) is 3.14. The smallest absolute Gasteiger partial charge is 0.0829 e. The van der Waals surface area contributed by atoms with Gasteiger partial charge in [0.25, 0.3) is 0 Å². The van der Waals surface area contributed by atoms with Crippen molar-refractivity contribution in [3.63, 3.8) is 0 Å². The van der Waals surface area contributed by atoms with Gasteiger partial charge >= 0.3 is 0 Å². The van der Waals surface area contributed by atoms with Gasteiger partial charge in [-0.3, -0.25) is 4.90 Å². The van der Waals surface area contributed by atoms with E-state index in [1.807, 2.05) is 7.05 Å². The van der Waals surface area contributed by atoms with Crippen LogP contribution in [-0.2, 0) is 4.74 Å². The van der Waals surface area contributed by atoms with Crippen molar-refractivity contribution in [3.8, 4) is 0 Å².